The van der Waals surface area contributed by atoms with Crippen LogP contribution in [-0.2, 0) is 12.7 Å². The van der Waals surface area contributed by atoms with Crippen molar-refractivity contribution in [2.45, 2.75) is 26.1 Å². The second-order valence-corrected chi connectivity index (χ2v) is 3.77. The van der Waals surface area contributed by atoms with Crippen LogP contribution in [0.3, 0.4) is 0 Å². The molecule has 0 aliphatic heterocycles. The van der Waals surface area contributed by atoms with Crippen molar-refractivity contribution in [2.75, 3.05) is 5.75 Å². The highest BCUT2D eigenvalue weighted by atomic mass is 32.1. The van der Waals surface area contributed by atoms with Crippen molar-refractivity contribution in [1.29, 1.82) is 0 Å². The monoisotopic (exact) mass is 238 g/mol. The Kier molecular flexibility index (Phi) is 4.07. The number of alkyl halides is 3. The lowest BCUT2D eigenvalue weighted by atomic mass is 10.1. The van der Waals surface area contributed by atoms with Gasteiger partial charge in [0.1, 0.15) is 0 Å². The van der Waals surface area contributed by atoms with Crippen LogP contribution >= 0.6 is 12.6 Å². The molecule has 0 saturated heterocycles. The largest absolute Gasteiger partial charge is 0.419 e. The maximum atomic E-state index is 12.2. The highest BCUT2D eigenvalue weighted by Gasteiger charge is 2.32. The number of hydrogen-bond donors (Lipinski definition) is 1. The molecule has 15 heavy (non-hydrogen) atoms. The molecule has 0 radical (unpaired) electrons. The van der Waals surface area contributed by atoms with Gasteiger partial charge in [-0.05, 0) is 11.7 Å². The first kappa shape index (κ1) is 12.4. The smallest absolute Gasteiger partial charge is 0.272 e. The third-order valence-electron chi connectivity index (χ3n) is 2.24. The van der Waals surface area contributed by atoms with Gasteiger partial charge in [0.2, 0.25) is 0 Å². The van der Waals surface area contributed by atoms with Gasteiger partial charge in [-0.15, -0.1) is 0 Å². The summed E-state index contributed by atoms with van der Waals surface area (Å²) in [7, 11) is 0. The first-order chi connectivity index (χ1) is 6.97. The van der Waals surface area contributed by atoms with Crippen LogP contribution in [0.25, 0.3) is 0 Å². The van der Waals surface area contributed by atoms with Crippen LogP contribution in [0, 0.1) is 5.92 Å². The maximum absolute atomic E-state index is 12.2. The van der Waals surface area contributed by atoms with Gasteiger partial charge in [0, 0.05) is 12.7 Å². The number of thiol groups is 1. The third-order valence-corrected chi connectivity index (χ3v) is 2.76. The van der Waals surface area contributed by atoms with E-state index in [-0.39, 0.29) is 5.92 Å². The van der Waals surface area contributed by atoms with E-state index >= 15 is 0 Å². The average Bonchev–Trinajstić information content (AvgIpc) is 2.61. The molecule has 0 saturated carbocycles. The summed E-state index contributed by atoms with van der Waals surface area (Å²) in [6, 6.07) is 0. The Morgan fingerprint density at radius 3 is 2.60 bits per heavy atom. The van der Waals surface area contributed by atoms with Crippen LogP contribution in [0.1, 0.15) is 18.9 Å². The zero-order valence-corrected chi connectivity index (χ0v) is 9.22. The molecule has 6 heteroatoms. The Balaban J connectivity index is 2.68. The van der Waals surface area contributed by atoms with Gasteiger partial charge >= 0.3 is 6.18 Å². The SMILES string of the molecule is CCC(CS)Cn1cc(C(F)(F)F)cn1. The summed E-state index contributed by atoms with van der Waals surface area (Å²) in [5.41, 5.74) is -0.698. The van der Waals surface area contributed by atoms with Crippen molar-refractivity contribution in [3.8, 4) is 0 Å². The molecule has 0 aliphatic carbocycles. The minimum Gasteiger partial charge on any atom is -0.272 e. The van der Waals surface area contributed by atoms with Crippen molar-refractivity contribution < 1.29 is 13.2 Å². The predicted molar refractivity (Wildman–Crippen MR) is 54.9 cm³/mol. The first-order valence-corrected chi connectivity index (χ1v) is 5.31. The second kappa shape index (κ2) is 4.92. The Morgan fingerprint density at radius 1 is 1.53 bits per heavy atom. The van der Waals surface area contributed by atoms with E-state index in [0.29, 0.717) is 12.3 Å². The van der Waals surface area contributed by atoms with Gasteiger partial charge in [-0.2, -0.15) is 30.9 Å². The molecule has 0 bridgehead atoms. The zero-order chi connectivity index (χ0) is 11.5. The minimum atomic E-state index is -4.30. The molecular formula is C9H13F3N2S. The Hall–Kier alpha value is -0.650. The van der Waals surface area contributed by atoms with E-state index < -0.39 is 11.7 Å². The lowest BCUT2D eigenvalue weighted by Gasteiger charge is -2.11. The van der Waals surface area contributed by atoms with E-state index in [0.717, 1.165) is 18.8 Å². The quantitative estimate of drug-likeness (QED) is 0.798. The summed E-state index contributed by atoms with van der Waals surface area (Å²) in [4.78, 5) is 0. The van der Waals surface area contributed by atoms with E-state index in [1.807, 2.05) is 6.92 Å². The van der Waals surface area contributed by atoms with Gasteiger partial charge in [0.25, 0.3) is 0 Å². The molecule has 86 valence electrons. The van der Waals surface area contributed by atoms with Gasteiger partial charge in [0.05, 0.1) is 11.8 Å². The van der Waals surface area contributed by atoms with E-state index in [1.165, 1.54) is 4.68 Å². The average molecular weight is 238 g/mol. The molecule has 1 unspecified atom stereocenters. The fourth-order valence-corrected chi connectivity index (χ4v) is 1.56. The molecular weight excluding hydrogens is 225 g/mol. The third kappa shape index (κ3) is 3.44. The van der Waals surface area contributed by atoms with Crippen LogP contribution in [0.2, 0.25) is 0 Å². The van der Waals surface area contributed by atoms with Crippen molar-refractivity contribution in [3.05, 3.63) is 18.0 Å². The van der Waals surface area contributed by atoms with Crippen LogP contribution < -0.4 is 0 Å². The van der Waals surface area contributed by atoms with E-state index in [2.05, 4.69) is 17.7 Å². The highest BCUT2D eigenvalue weighted by Crippen LogP contribution is 2.28. The Morgan fingerprint density at radius 2 is 2.20 bits per heavy atom. The number of nitrogens with zero attached hydrogens (tertiary/aromatic N) is 2. The molecule has 1 aromatic heterocycles. The van der Waals surface area contributed by atoms with Crippen LogP contribution in [0.5, 0.6) is 0 Å². The number of halogens is 3. The summed E-state index contributed by atoms with van der Waals surface area (Å²) in [5.74, 6) is 0.909. The molecule has 0 aromatic carbocycles. The summed E-state index contributed by atoms with van der Waals surface area (Å²) < 4.78 is 38.0. The summed E-state index contributed by atoms with van der Waals surface area (Å²) >= 11 is 4.13. The molecule has 2 nitrogen and oxygen atoms in total. The van der Waals surface area contributed by atoms with E-state index in [9.17, 15) is 13.2 Å². The topological polar surface area (TPSA) is 17.8 Å². The van der Waals surface area contributed by atoms with Crippen molar-refractivity contribution in [2.24, 2.45) is 5.92 Å². The lowest BCUT2D eigenvalue weighted by Crippen LogP contribution is -2.12. The number of hydrogen-bond acceptors (Lipinski definition) is 2. The van der Waals surface area contributed by atoms with Gasteiger partial charge in [-0.3, -0.25) is 4.68 Å². The molecule has 0 aliphatic rings. The lowest BCUT2D eigenvalue weighted by molar-refractivity contribution is -0.137. The molecule has 0 N–H and O–H groups in total. The maximum Gasteiger partial charge on any atom is 0.419 e. The first-order valence-electron chi connectivity index (χ1n) is 4.68. The van der Waals surface area contributed by atoms with Crippen molar-refractivity contribution in [1.82, 2.24) is 9.78 Å². The number of aromatic nitrogens is 2. The molecule has 1 rings (SSSR count). The normalized spacial score (nSPS) is 14.2. The van der Waals surface area contributed by atoms with Gasteiger partial charge in [-0.25, -0.2) is 0 Å². The zero-order valence-electron chi connectivity index (χ0n) is 8.33. The molecule has 0 spiro atoms. The van der Waals surface area contributed by atoms with Crippen LogP contribution in [-0.4, -0.2) is 15.5 Å². The van der Waals surface area contributed by atoms with Crippen molar-refractivity contribution in [3.63, 3.8) is 0 Å². The second-order valence-electron chi connectivity index (χ2n) is 3.41. The fourth-order valence-electron chi connectivity index (χ4n) is 1.19. The number of rotatable bonds is 4. The van der Waals surface area contributed by atoms with Crippen LogP contribution in [0.15, 0.2) is 12.4 Å². The highest BCUT2D eigenvalue weighted by molar-refractivity contribution is 7.80. The molecule has 1 heterocycles. The van der Waals surface area contributed by atoms with Crippen LogP contribution in [0.4, 0.5) is 13.2 Å². The predicted octanol–water partition coefficient (Wildman–Crippen LogP) is 2.86. The molecule has 1 atom stereocenters. The van der Waals surface area contributed by atoms with Gasteiger partial charge < -0.3 is 0 Å². The fraction of sp³-hybridized carbons (Fsp3) is 0.667. The van der Waals surface area contributed by atoms with Crippen molar-refractivity contribution >= 4 is 12.6 Å². The minimum absolute atomic E-state index is 0.259. The summed E-state index contributed by atoms with van der Waals surface area (Å²) in [5, 5.41) is 3.68. The van der Waals surface area contributed by atoms with E-state index in [4.69, 9.17) is 0 Å². The summed E-state index contributed by atoms with van der Waals surface area (Å²) in [6.45, 7) is 2.46. The van der Waals surface area contributed by atoms with Gasteiger partial charge in [0.15, 0.2) is 0 Å². The van der Waals surface area contributed by atoms with Gasteiger partial charge in [-0.1, -0.05) is 13.3 Å². The Labute approximate surface area is 91.9 Å². The molecule has 1 aromatic rings. The molecule has 0 amide bonds. The Bertz CT molecular complexity index is 305. The van der Waals surface area contributed by atoms with E-state index in [1.54, 1.807) is 0 Å². The standard InChI is InChI=1S/C9H13F3N2S/c1-2-7(6-15)4-14-5-8(3-13-14)9(10,11)12/h3,5,7,15H,2,4,6H2,1H3. The summed E-state index contributed by atoms with van der Waals surface area (Å²) in [6.07, 6.45) is -1.54. The molecule has 0 fully saturated rings.